The molecule has 0 aliphatic carbocycles. The summed E-state index contributed by atoms with van der Waals surface area (Å²) in [5, 5.41) is 22.5. The first-order chi connectivity index (χ1) is 29.9. The Morgan fingerprint density at radius 1 is 0.524 bits per heavy atom. The van der Waals surface area contributed by atoms with Crippen LogP contribution in [0.1, 0.15) is 104 Å². The van der Waals surface area contributed by atoms with Gasteiger partial charge in [-0.2, -0.15) is 0 Å². The van der Waals surface area contributed by atoms with Crippen molar-refractivity contribution >= 4 is 30.1 Å². The Morgan fingerprint density at radius 3 is 1.17 bits per heavy atom. The largest absolute Gasteiger partial charge is 0.444 e. The Kier molecular flexibility index (Phi) is 29.6. The summed E-state index contributed by atoms with van der Waals surface area (Å²) in [5.41, 5.74) is -0.782. The van der Waals surface area contributed by atoms with Gasteiger partial charge in [0.15, 0.2) is 0 Å². The van der Waals surface area contributed by atoms with Gasteiger partial charge in [-0.25, -0.2) is 19.2 Å². The van der Waals surface area contributed by atoms with Gasteiger partial charge in [0.05, 0.1) is 63.3 Å². The van der Waals surface area contributed by atoms with Gasteiger partial charge in [-0.1, -0.05) is 6.07 Å². The summed E-state index contributed by atoms with van der Waals surface area (Å²) >= 11 is 0. The Morgan fingerprint density at radius 2 is 0.841 bits per heavy atom. The molecule has 21 heteroatoms. The molecule has 1 aromatic rings. The highest BCUT2D eigenvalue weighted by Gasteiger charge is 2.25. The van der Waals surface area contributed by atoms with Gasteiger partial charge in [-0.3, -0.25) is 10.1 Å². The molecule has 4 amide bonds. The number of alkyl carbamates (subject to hydrolysis) is 4. The average Bonchev–Trinajstić information content (AvgIpc) is 3.19. The number of carbonyl (C=O) groups excluding carboxylic acids is 4. The lowest BCUT2D eigenvalue weighted by molar-refractivity contribution is -0.386. The van der Waals surface area contributed by atoms with Gasteiger partial charge in [0, 0.05) is 58.7 Å². The third kappa shape index (κ3) is 31.9. The number of rotatable bonds is 33. The van der Waals surface area contributed by atoms with E-state index in [9.17, 15) is 29.3 Å². The summed E-state index contributed by atoms with van der Waals surface area (Å²) in [6, 6.07) is 4.35. The second kappa shape index (κ2) is 33.0. The number of ether oxygens (including phenoxy) is 10. The molecule has 0 aliphatic rings. The highest BCUT2D eigenvalue weighted by molar-refractivity contribution is 5.69. The van der Waals surface area contributed by atoms with Gasteiger partial charge in [0.1, 0.15) is 23.4 Å². The first-order valence-corrected chi connectivity index (χ1v) is 21.4. The third-order valence-electron chi connectivity index (χ3n) is 7.95. The molecule has 362 valence electrons. The van der Waals surface area contributed by atoms with E-state index in [1.165, 1.54) is 19.1 Å². The van der Waals surface area contributed by atoms with Crippen molar-refractivity contribution in [1.29, 1.82) is 0 Å². The minimum Gasteiger partial charge on any atom is -0.444 e. The lowest BCUT2D eigenvalue weighted by Gasteiger charge is -2.19. The smallest absolute Gasteiger partial charge is 0.407 e. The zero-order valence-electron chi connectivity index (χ0n) is 38.5. The van der Waals surface area contributed by atoms with Crippen molar-refractivity contribution in [3.05, 3.63) is 39.4 Å². The number of amides is 4. The standard InChI is InChI=1S/C42H73N5O16/c1-32(60-37(48)43-15-9-19-54-23-27-58-29-25-56-21-11-17-45-39(50)62-41(3,4)5)34-13-14-35(36(31-34)47(52)53)33(2)61-38(49)44-16-10-20-55-24-28-59-30-26-57-22-12-18-46-40(51)63-42(6,7)8/h13-14,31-33H,9-12,15-30H2,1-8H3,(H,43,48)(H,44,49)(H,45,50)(H,46,51). The Hall–Kier alpha value is -4.54. The van der Waals surface area contributed by atoms with E-state index in [-0.39, 0.29) is 17.8 Å². The van der Waals surface area contributed by atoms with E-state index in [1.54, 1.807) is 54.5 Å². The van der Waals surface area contributed by atoms with E-state index in [4.69, 9.17) is 47.4 Å². The summed E-state index contributed by atoms with van der Waals surface area (Å²) in [6.45, 7) is 20.2. The Bertz CT molecular complexity index is 1460. The van der Waals surface area contributed by atoms with Crippen molar-refractivity contribution in [2.24, 2.45) is 0 Å². The van der Waals surface area contributed by atoms with Gasteiger partial charge in [0.2, 0.25) is 0 Å². The predicted molar refractivity (Wildman–Crippen MR) is 231 cm³/mol. The van der Waals surface area contributed by atoms with E-state index in [0.717, 1.165) is 0 Å². The van der Waals surface area contributed by atoms with Crippen molar-refractivity contribution in [3.8, 4) is 0 Å². The molecule has 0 saturated carbocycles. The van der Waals surface area contributed by atoms with E-state index in [2.05, 4.69) is 21.3 Å². The summed E-state index contributed by atoms with van der Waals surface area (Å²) in [7, 11) is 0. The van der Waals surface area contributed by atoms with Crippen LogP contribution in [0.25, 0.3) is 0 Å². The lowest BCUT2D eigenvalue weighted by Crippen LogP contribution is -2.33. The van der Waals surface area contributed by atoms with E-state index < -0.39 is 52.7 Å². The number of hydrogen-bond donors (Lipinski definition) is 4. The molecule has 0 radical (unpaired) electrons. The fourth-order valence-electron chi connectivity index (χ4n) is 5.02. The molecule has 0 fully saturated rings. The van der Waals surface area contributed by atoms with Crippen LogP contribution in [-0.2, 0) is 47.4 Å². The van der Waals surface area contributed by atoms with Crippen LogP contribution in [-0.4, -0.2) is 146 Å². The molecule has 0 aromatic heterocycles. The van der Waals surface area contributed by atoms with Crippen LogP contribution in [0.5, 0.6) is 0 Å². The highest BCUT2D eigenvalue weighted by Crippen LogP contribution is 2.31. The molecule has 4 N–H and O–H groups in total. The second-order valence-electron chi connectivity index (χ2n) is 16.0. The normalized spacial score (nSPS) is 12.4. The van der Waals surface area contributed by atoms with Crippen LogP contribution in [0.2, 0.25) is 0 Å². The molecule has 21 nitrogen and oxygen atoms in total. The number of carbonyl (C=O) groups is 4. The predicted octanol–water partition coefficient (Wildman–Crippen LogP) is 5.88. The second-order valence-corrected chi connectivity index (χ2v) is 16.0. The third-order valence-corrected chi connectivity index (χ3v) is 7.95. The van der Waals surface area contributed by atoms with Crippen LogP contribution < -0.4 is 21.3 Å². The molecule has 2 atom stereocenters. The Balaban J connectivity index is 2.15. The SMILES string of the molecule is CC(OC(=O)NCCCOCCOCCOCCCNC(=O)OC(C)(C)C)c1ccc(C(C)OC(=O)NCCCOCCOCCOCCCNC(=O)OC(C)(C)C)c([N+](=O)[O-])c1. The number of hydrogen-bond acceptors (Lipinski definition) is 16. The van der Waals surface area contributed by atoms with Gasteiger partial charge >= 0.3 is 24.4 Å². The first-order valence-electron chi connectivity index (χ1n) is 21.4. The van der Waals surface area contributed by atoms with Crippen LogP contribution >= 0.6 is 0 Å². The van der Waals surface area contributed by atoms with Crippen molar-refractivity contribution < 1.29 is 71.5 Å². The van der Waals surface area contributed by atoms with Gasteiger partial charge in [-0.05, 0) is 92.7 Å². The topological polar surface area (TPSA) is 252 Å². The molecule has 0 aliphatic heterocycles. The molecule has 1 rings (SSSR count). The van der Waals surface area contributed by atoms with Crippen LogP contribution in [0.15, 0.2) is 18.2 Å². The number of nitro groups is 1. The maximum atomic E-state index is 12.4. The summed E-state index contributed by atoms with van der Waals surface area (Å²) in [4.78, 5) is 59.3. The number of benzene rings is 1. The van der Waals surface area contributed by atoms with Crippen molar-refractivity contribution in [2.45, 2.75) is 104 Å². The molecular formula is C42H73N5O16. The molecular weight excluding hydrogens is 830 g/mol. The van der Waals surface area contributed by atoms with Crippen molar-refractivity contribution in [3.63, 3.8) is 0 Å². The van der Waals surface area contributed by atoms with Gasteiger partial charge in [0.25, 0.3) is 5.69 Å². The van der Waals surface area contributed by atoms with Crippen LogP contribution in [0, 0.1) is 10.1 Å². The lowest BCUT2D eigenvalue weighted by atomic mass is 10.0. The molecule has 2 unspecified atom stereocenters. The van der Waals surface area contributed by atoms with E-state index in [1.807, 2.05) is 0 Å². The number of nitrogens with zero attached hydrogens (tertiary/aromatic N) is 1. The number of nitro benzene ring substituents is 1. The first kappa shape index (κ1) is 56.5. The summed E-state index contributed by atoms with van der Waals surface area (Å²) in [6.07, 6.45) is -1.75. The average molecular weight is 904 g/mol. The maximum Gasteiger partial charge on any atom is 0.407 e. The monoisotopic (exact) mass is 904 g/mol. The quantitative estimate of drug-likeness (QED) is 0.0278. The highest BCUT2D eigenvalue weighted by atomic mass is 16.6. The summed E-state index contributed by atoms with van der Waals surface area (Å²) in [5.74, 6) is 0. The molecule has 1 aromatic carbocycles. The minimum absolute atomic E-state index is 0.180. The summed E-state index contributed by atoms with van der Waals surface area (Å²) < 4.78 is 54.0. The van der Waals surface area contributed by atoms with Crippen LogP contribution in [0.3, 0.4) is 0 Å². The van der Waals surface area contributed by atoms with Crippen LogP contribution in [0.4, 0.5) is 24.9 Å². The molecule has 63 heavy (non-hydrogen) atoms. The maximum absolute atomic E-state index is 12.4. The van der Waals surface area contributed by atoms with E-state index >= 15 is 0 Å². The molecule has 0 heterocycles. The molecule has 0 spiro atoms. The molecule has 0 bridgehead atoms. The van der Waals surface area contributed by atoms with Crippen molar-refractivity contribution in [2.75, 3.05) is 105 Å². The fraction of sp³-hybridized carbons (Fsp3) is 0.762. The van der Waals surface area contributed by atoms with Gasteiger partial charge in [-0.15, -0.1) is 0 Å². The molecule has 0 saturated heterocycles. The van der Waals surface area contributed by atoms with Crippen molar-refractivity contribution in [1.82, 2.24) is 21.3 Å². The minimum atomic E-state index is -0.939. The van der Waals surface area contributed by atoms with E-state index in [0.29, 0.717) is 130 Å². The Labute approximate surface area is 371 Å². The zero-order valence-corrected chi connectivity index (χ0v) is 38.5. The zero-order chi connectivity index (χ0) is 46.9. The fourth-order valence-corrected chi connectivity index (χ4v) is 5.02. The van der Waals surface area contributed by atoms with Gasteiger partial charge < -0.3 is 68.6 Å². The number of nitrogens with one attached hydrogen (secondary N) is 4.